The SMILES string of the molecule is C#Cc1ccc(CN2CC3(CCC3)C2)cc1. The van der Waals surface area contributed by atoms with Gasteiger partial charge in [0.25, 0.3) is 0 Å². The molecule has 1 saturated heterocycles. The smallest absolute Gasteiger partial charge is 0.0242 e. The molecule has 1 aliphatic carbocycles. The largest absolute Gasteiger partial charge is 0.298 e. The van der Waals surface area contributed by atoms with Crippen molar-refractivity contribution in [1.29, 1.82) is 0 Å². The summed E-state index contributed by atoms with van der Waals surface area (Å²) in [5.41, 5.74) is 3.09. The molecule has 16 heavy (non-hydrogen) atoms. The lowest BCUT2D eigenvalue weighted by molar-refractivity contribution is -0.0645. The molecule has 2 aliphatic rings. The van der Waals surface area contributed by atoms with Crippen LogP contribution < -0.4 is 0 Å². The summed E-state index contributed by atoms with van der Waals surface area (Å²) < 4.78 is 0. The molecule has 0 atom stereocenters. The Labute approximate surface area is 97.5 Å². The van der Waals surface area contributed by atoms with Gasteiger partial charge in [0.15, 0.2) is 0 Å². The summed E-state index contributed by atoms with van der Waals surface area (Å²) in [6.07, 6.45) is 9.70. The van der Waals surface area contributed by atoms with E-state index in [-0.39, 0.29) is 0 Å². The molecule has 1 saturated carbocycles. The van der Waals surface area contributed by atoms with Gasteiger partial charge < -0.3 is 0 Å². The van der Waals surface area contributed by atoms with E-state index in [0.717, 1.165) is 17.5 Å². The van der Waals surface area contributed by atoms with Crippen molar-refractivity contribution in [2.24, 2.45) is 5.41 Å². The zero-order chi connectivity index (χ0) is 11.0. The first-order valence-electron chi connectivity index (χ1n) is 6.08. The molecule has 1 aliphatic heterocycles. The summed E-state index contributed by atoms with van der Waals surface area (Å²) >= 11 is 0. The molecule has 0 bridgehead atoms. The van der Waals surface area contributed by atoms with Gasteiger partial charge in [-0.15, -0.1) is 6.42 Å². The molecule has 2 fully saturated rings. The third-order valence-corrected chi connectivity index (χ3v) is 4.06. The monoisotopic (exact) mass is 211 g/mol. The summed E-state index contributed by atoms with van der Waals surface area (Å²) in [4.78, 5) is 2.55. The number of terminal acetylenes is 1. The maximum atomic E-state index is 5.34. The van der Waals surface area contributed by atoms with Crippen molar-refractivity contribution < 1.29 is 0 Å². The molecule has 0 radical (unpaired) electrons. The van der Waals surface area contributed by atoms with Gasteiger partial charge in [-0.1, -0.05) is 24.5 Å². The van der Waals surface area contributed by atoms with Gasteiger partial charge in [-0.3, -0.25) is 4.90 Å². The molecule has 3 rings (SSSR count). The first-order valence-corrected chi connectivity index (χ1v) is 6.08. The molecule has 1 heterocycles. The molecular formula is C15H17N. The molecule has 1 aromatic carbocycles. The van der Waals surface area contributed by atoms with Crippen LogP contribution in [0.4, 0.5) is 0 Å². The number of likely N-dealkylation sites (tertiary alicyclic amines) is 1. The zero-order valence-corrected chi connectivity index (χ0v) is 9.58. The first kappa shape index (κ1) is 9.93. The van der Waals surface area contributed by atoms with Crippen LogP contribution >= 0.6 is 0 Å². The zero-order valence-electron chi connectivity index (χ0n) is 9.58. The molecule has 82 valence electrons. The van der Waals surface area contributed by atoms with Gasteiger partial charge in [0.05, 0.1) is 0 Å². The quantitative estimate of drug-likeness (QED) is 0.680. The third-order valence-electron chi connectivity index (χ3n) is 4.06. The van der Waals surface area contributed by atoms with E-state index in [1.807, 2.05) is 12.1 Å². The first-order chi connectivity index (χ1) is 7.80. The summed E-state index contributed by atoms with van der Waals surface area (Å²) in [7, 11) is 0. The third kappa shape index (κ3) is 1.64. The number of benzene rings is 1. The number of nitrogens with zero attached hydrogens (tertiary/aromatic N) is 1. The van der Waals surface area contributed by atoms with E-state index >= 15 is 0 Å². The van der Waals surface area contributed by atoms with Gasteiger partial charge in [-0.05, 0) is 36.0 Å². The fourth-order valence-corrected chi connectivity index (χ4v) is 2.97. The fourth-order valence-electron chi connectivity index (χ4n) is 2.97. The van der Waals surface area contributed by atoms with Crippen LogP contribution in [0.5, 0.6) is 0 Å². The number of hydrogen-bond acceptors (Lipinski definition) is 1. The second-order valence-corrected chi connectivity index (χ2v) is 5.34. The van der Waals surface area contributed by atoms with E-state index in [2.05, 4.69) is 23.0 Å². The fraction of sp³-hybridized carbons (Fsp3) is 0.467. The molecule has 1 aromatic rings. The van der Waals surface area contributed by atoms with E-state index in [0.29, 0.717) is 0 Å². The molecule has 1 spiro atoms. The standard InChI is InChI=1S/C15H17N/c1-2-13-4-6-14(7-5-13)10-16-11-15(12-16)8-3-9-15/h1,4-7H,3,8-12H2. The number of rotatable bonds is 2. The van der Waals surface area contributed by atoms with Gasteiger partial charge in [0.2, 0.25) is 0 Å². The molecule has 0 aromatic heterocycles. The van der Waals surface area contributed by atoms with E-state index < -0.39 is 0 Å². The van der Waals surface area contributed by atoms with Crippen LogP contribution in [0.1, 0.15) is 30.4 Å². The van der Waals surface area contributed by atoms with Crippen molar-refractivity contribution in [3.8, 4) is 12.3 Å². The Balaban J connectivity index is 1.57. The highest BCUT2D eigenvalue weighted by molar-refractivity contribution is 5.34. The van der Waals surface area contributed by atoms with Crippen molar-refractivity contribution in [2.75, 3.05) is 13.1 Å². The van der Waals surface area contributed by atoms with Crippen molar-refractivity contribution in [1.82, 2.24) is 4.90 Å². The summed E-state index contributed by atoms with van der Waals surface area (Å²) in [5, 5.41) is 0. The lowest BCUT2D eigenvalue weighted by Crippen LogP contribution is -2.58. The van der Waals surface area contributed by atoms with Crippen LogP contribution in [0.15, 0.2) is 24.3 Å². The molecule has 0 amide bonds. The minimum atomic E-state index is 0.735. The van der Waals surface area contributed by atoms with E-state index in [1.54, 1.807) is 0 Å². The minimum absolute atomic E-state index is 0.735. The Hall–Kier alpha value is -1.26. The lowest BCUT2D eigenvalue weighted by Gasteiger charge is -2.56. The highest BCUT2D eigenvalue weighted by atomic mass is 15.2. The van der Waals surface area contributed by atoms with Gasteiger partial charge >= 0.3 is 0 Å². The van der Waals surface area contributed by atoms with Crippen LogP contribution in [0, 0.1) is 17.8 Å². The Morgan fingerprint density at radius 1 is 1.19 bits per heavy atom. The lowest BCUT2D eigenvalue weighted by atomic mass is 9.63. The maximum Gasteiger partial charge on any atom is 0.0242 e. The second kappa shape index (κ2) is 3.64. The van der Waals surface area contributed by atoms with Crippen molar-refractivity contribution in [3.05, 3.63) is 35.4 Å². The van der Waals surface area contributed by atoms with Crippen LogP contribution in [0.2, 0.25) is 0 Å². The predicted molar refractivity (Wildman–Crippen MR) is 65.9 cm³/mol. The highest BCUT2D eigenvalue weighted by Crippen LogP contribution is 2.48. The maximum absolute atomic E-state index is 5.34. The average molecular weight is 211 g/mol. The topological polar surface area (TPSA) is 3.24 Å². The summed E-state index contributed by atoms with van der Waals surface area (Å²) in [6.45, 7) is 3.71. The van der Waals surface area contributed by atoms with Gasteiger partial charge in [0, 0.05) is 25.2 Å². The molecule has 0 unspecified atom stereocenters. The second-order valence-electron chi connectivity index (χ2n) is 5.34. The van der Waals surface area contributed by atoms with E-state index in [1.165, 1.54) is 37.9 Å². The Morgan fingerprint density at radius 2 is 1.88 bits per heavy atom. The minimum Gasteiger partial charge on any atom is -0.298 e. The van der Waals surface area contributed by atoms with Gasteiger partial charge in [-0.25, -0.2) is 0 Å². The van der Waals surface area contributed by atoms with Crippen molar-refractivity contribution in [3.63, 3.8) is 0 Å². The number of hydrogen-bond donors (Lipinski definition) is 0. The summed E-state index contributed by atoms with van der Waals surface area (Å²) in [6, 6.07) is 8.38. The molecular weight excluding hydrogens is 194 g/mol. The molecule has 1 heteroatoms. The normalized spacial score (nSPS) is 22.2. The van der Waals surface area contributed by atoms with Crippen LogP contribution in [-0.4, -0.2) is 18.0 Å². The van der Waals surface area contributed by atoms with Crippen LogP contribution in [0.25, 0.3) is 0 Å². The van der Waals surface area contributed by atoms with Crippen molar-refractivity contribution >= 4 is 0 Å². The Kier molecular flexibility index (Phi) is 2.26. The highest BCUT2D eigenvalue weighted by Gasteiger charge is 2.46. The average Bonchev–Trinajstić information content (AvgIpc) is 2.21. The molecule has 0 N–H and O–H groups in total. The van der Waals surface area contributed by atoms with E-state index in [4.69, 9.17) is 6.42 Å². The van der Waals surface area contributed by atoms with Gasteiger partial charge in [-0.2, -0.15) is 0 Å². The van der Waals surface area contributed by atoms with Crippen LogP contribution in [0.3, 0.4) is 0 Å². The van der Waals surface area contributed by atoms with E-state index in [9.17, 15) is 0 Å². The summed E-state index contributed by atoms with van der Waals surface area (Å²) in [5.74, 6) is 2.65. The predicted octanol–water partition coefficient (Wildman–Crippen LogP) is 2.65. The van der Waals surface area contributed by atoms with Gasteiger partial charge in [0.1, 0.15) is 0 Å². The Bertz CT molecular complexity index is 412. The Morgan fingerprint density at radius 3 is 2.38 bits per heavy atom. The van der Waals surface area contributed by atoms with Crippen molar-refractivity contribution in [2.45, 2.75) is 25.8 Å². The van der Waals surface area contributed by atoms with Crippen LogP contribution in [-0.2, 0) is 6.54 Å². The molecule has 1 nitrogen and oxygen atoms in total.